The number of carbonyl (C=O) groups is 2. The summed E-state index contributed by atoms with van der Waals surface area (Å²) < 4.78 is 39.5. The van der Waals surface area contributed by atoms with Crippen molar-refractivity contribution in [2.75, 3.05) is 44.6 Å². The standard InChI is InChI=1S/C32H44F3N7O2/c1-6-36-30(44)39-29-37-21(3)26(22(4)38-29)28(43)40-15-13-31(5,14-16-40)41-17-18-42(20(2)19-41)27(23-7-8-23)24-9-11-25(12-10-24)32(33,34)35/h9-12,20,23,27H,6-8,13-19H2,1-5H3,(H2,36,37,38,39,44). The van der Waals surface area contributed by atoms with E-state index >= 15 is 0 Å². The Morgan fingerprint density at radius 2 is 1.64 bits per heavy atom. The van der Waals surface area contributed by atoms with Crippen LogP contribution in [0.25, 0.3) is 0 Å². The van der Waals surface area contributed by atoms with E-state index in [1.165, 1.54) is 12.1 Å². The highest BCUT2D eigenvalue weighted by molar-refractivity contribution is 5.96. The van der Waals surface area contributed by atoms with Gasteiger partial charge in [-0.1, -0.05) is 12.1 Å². The van der Waals surface area contributed by atoms with E-state index in [1.807, 2.05) is 11.8 Å². The summed E-state index contributed by atoms with van der Waals surface area (Å²) in [5.41, 5.74) is 1.86. The Bertz CT molecular complexity index is 1330. The number of alkyl halides is 3. The third kappa shape index (κ3) is 6.86. The lowest BCUT2D eigenvalue weighted by molar-refractivity contribution is -0.137. The molecule has 12 heteroatoms. The van der Waals surface area contributed by atoms with Gasteiger partial charge in [0.1, 0.15) is 0 Å². The van der Waals surface area contributed by atoms with Crippen molar-refractivity contribution in [1.29, 1.82) is 0 Å². The number of hydrogen-bond donors (Lipinski definition) is 2. The third-order valence-electron chi connectivity index (χ3n) is 9.62. The maximum Gasteiger partial charge on any atom is 0.416 e. The second kappa shape index (κ2) is 12.6. The lowest BCUT2D eigenvalue weighted by Gasteiger charge is -2.53. The molecule has 1 aromatic carbocycles. The molecule has 3 aliphatic rings. The predicted molar refractivity (Wildman–Crippen MR) is 162 cm³/mol. The second-order valence-electron chi connectivity index (χ2n) is 12.8. The van der Waals surface area contributed by atoms with Gasteiger partial charge in [0.25, 0.3) is 5.91 Å². The Balaban J connectivity index is 1.20. The van der Waals surface area contributed by atoms with Gasteiger partial charge in [0.15, 0.2) is 0 Å². The number of rotatable bonds is 7. The van der Waals surface area contributed by atoms with Crippen LogP contribution in [0.2, 0.25) is 0 Å². The molecule has 0 spiro atoms. The average molecular weight is 616 g/mol. The summed E-state index contributed by atoms with van der Waals surface area (Å²) in [5, 5.41) is 5.25. The molecule has 3 heterocycles. The Morgan fingerprint density at radius 3 is 2.16 bits per heavy atom. The van der Waals surface area contributed by atoms with E-state index in [0.717, 1.165) is 50.9 Å². The van der Waals surface area contributed by atoms with Gasteiger partial charge >= 0.3 is 12.2 Å². The van der Waals surface area contributed by atoms with Crippen LogP contribution >= 0.6 is 0 Å². The zero-order valence-corrected chi connectivity index (χ0v) is 26.3. The summed E-state index contributed by atoms with van der Waals surface area (Å²) in [6.07, 6.45) is -0.434. The van der Waals surface area contributed by atoms with Gasteiger partial charge in [0.05, 0.1) is 22.5 Å². The molecule has 2 atom stereocenters. The number of hydrogen-bond acceptors (Lipinski definition) is 6. The second-order valence-corrected chi connectivity index (χ2v) is 12.8. The molecule has 9 nitrogen and oxygen atoms in total. The maximum absolute atomic E-state index is 13.6. The number of amides is 3. The maximum atomic E-state index is 13.6. The minimum Gasteiger partial charge on any atom is -0.338 e. The number of likely N-dealkylation sites (tertiary alicyclic amines) is 1. The number of nitrogens with zero attached hydrogens (tertiary/aromatic N) is 5. The van der Waals surface area contributed by atoms with Gasteiger partial charge in [0.2, 0.25) is 5.95 Å². The van der Waals surface area contributed by atoms with Crippen molar-refractivity contribution >= 4 is 17.9 Å². The molecule has 44 heavy (non-hydrogen) atoms. The molecule has 1 saturated carbocycles. The van der Waals surface area contributed by atoms with Crippen LogP contribution in [0, 0.1) is 19.8 Å². The monoisotopic (exact) mass is 615 g/mol. The van der Waals surface area contributed by atoms with Gasteiger partial charge in [-0.05, 0) is 83.9 Å². The fourth-order valence-corrected chi connectivity index (χ4v) is 6.94. The summed E-state index contributed by atoms with van der Waals surface area (Å²) in [5.74, 6) is 0.567. The fraction of sp³-hybridized carbons (Fsp3) is 0.625. The molecule has 3 fully saturated rings. The van der Waals surface area contributed by atoms with E-state index in [-0.39, 0.29) is 29.5 Å². The molecule has 5 rings (SSSR count). The smallest absolute Gasteiger partial charge is 0.338 e. The van der Waals surface area contributed by atoms with Crippen LogP contribution in [0.5, 0.6) is 0 Å². The molecule has 2 N–H and O–H groups in total. The summed E-state index contributed by atoms with van der Waals surface area (Å²) in [6.45, 7) is 14.2. The van der Waals surface area contributed by atoms with E-state index in [9.17, 15) is 22.8 Å². The largest absolute Gasteiger partial charge is 0.416 e. The van der Waals surface area contributed by atoms with E-state index in [2.05, 4.69) is 44.2 Å². The van der Waals surface area contributed by atoms with Crippen molar-refractivity contribution in [2.45, 2.75) is 84.1 Å². The molecule has 1 aliphatic carbocycles. The molecule has 2 saturated heterocycles. The topological polar surface area (TPSA) is 93.7 Å². The zero-order chi connectivity index (χ0) is 31.8. The number of nitrogens with one attached hydrogen (secondary N) is 2. The number of carbonyl (C=O) groups excluding carboxylic acids is 2. The van der Waals surface area contributed by atoms with Crippen LogP contribution in [0.3, 0.4) is 0 Å². The van der Waals surface area contributed by atoms with E-state index in [4.69, 9.17) is 0 Å². The number of aromatic nitrogens is 2. The van der Waals surface area contributed by atoms with Crippen molar-refractivity contribution < 1.29 is 22.8 Å². The Hall–Kier alpha value is -3.25. The Kier molecular flexibility index (Phi) is 9.23. The quantitative estimate of drug-likeness (QED) is 0.433. The first-order valence-corrected chi connectivity index (χ1v) is 15.7. The van der Waals surface area contributed by atoms with Gasteiger partial charge in [-0.2, -0.15) is 13.2 Å². The summed E-state index contributed by atoms with van der Waals surface area (Å²) in [7, 11) is 0. The SMILES string of the molecule is CCNC(=O)Nc1nc(C)c(C(=O)N2CCC(C)(N3CCN(C(c4ccc(C(F)(F)F)cc4)C4CC4)C(C)C3)CC2)c(C)n1. The summed E-state index contributed by atoms with van der Waals surface area (Å²) in [4.78, 5) is 41.1. The molecule has 240 valence electrons. The number of piperidine rings is 1. The molecule has 1 aromatic heterocycles. The van der Waals surface area contributed by atoms with Crippen LogP contribution in [0.1, 0.15) is 85.4 Å². The van der Waals surface area contributed by atoms with Gasteiger partial charge in [0, 0.05) is 56.9 Å². The number of benzene rings is 1. The van der Waals surface area contributed by atoms with Crippen LogP contribution in [-0.4, -0.2) is 87.5 Å². The summed E-state index contributed by atoms with van der Waals surface area (Å²) >= 11 is 0. The zero-order valence-electron chi connectivity index (χ0n) is 26.3. The molecule has 2 unspecified atom stereocenters. The highest BCUT2D eigenvalue weighted by Gasteiger charge is 2.44. The number of urea groups is 1. The number of halogens is 3. The van der Waals surface area contributed by atoms with Crippen molar-refractivity contribution in [3.63, 3.8) is 0 Å². The fourth-order valence-electron chi connectivity index (χ4n) is 6.94. The molecule has 0 radical (unpaired) electrons. The molecular weight excluding hydrogens is 571 g/mol. The predicted octanol–water partition coefficient (Wildman–Crippen LogP) is 5.41. The molecule has 0 bridgehead atoms. The van der Waals surface area contributed by atoms with E-state index in [1.54, 1.807) is 26.0 Å². The normalized spacial score (nSPS) is 22.0. The van der Waals surface area contributed by atoms with Gasteiger partial charge in [-0.3, -0.25) is 19.9 Å². The number of aryl methyl sites for hydroxylation is 2. The lowest BCUT2D eigenvalue weighted by atomic mass is 9.85. The van der Waals surface area contributed by atoms with Gasteiger partial charge in [-0.15, -0.1) is 0 Å². The van der Waals surface area contributed by atoms with Crippen molar-refractivity contribution in [2.24, 2.45) is 5.92 Å². The first-order chi connectivity index (χ1) is 20.8. The van der Waals surface area contributed by atoms with Crippen molar-refractivity contribution in [3.8, 4) is 0 Å². The van der Waals surface area contributed by atoms with Crippen LogP contribution in [-0.2, 0) is 6.18 Å². The van der Waals surface area contributed by atoms with Crippen molar-refractivity contribution in [3.05, 3.63) is 52.3 Å². The van der Waals surface area contributed by atoms with Crippen LogP contribution < -0.4 is 10.6 Å². The molecular formula is C32H44F3N7O2. The van der Waals surface area contributed by atoms with E-state index in [0.29, 0.717) is 42.5 Å². The average Bonchev–Trinajstić information content (AvgIpc) is 3.79. The molecule has 3 amide bonds. The Labute approximate surface area is 257 Å². The minimum absolute atomic E-state index is 0.0540. The minimum atomic E-state index is -4.33. The highest BCUT2D eigenvalue weighted by Crippen LogP contribution is 2.46. The number of anilines is 1. The van der Waals surface area contributed by atoms with E-state index < -0.39 is 17.8 Å². The lowest BCUT2D eigenvalue weighted by Crippen LogP contribution is -2.62. The molecule has 2 aliphatic heterocycles. The first-order valence-electron chi connectivity index (χ1n) is 15.7. The Morgan fingerprint density at radius 1 is 1.02 bits per heavy atom. The highest BCUT2D eigenvalue weighted by atomic mass is 19.4. The van der Waals surface area contributed by atoms with Gasteiger partial charge in [-0.25, -0.2) is 14.8 Å². The number of piperazine rings is 1. The van der Waals surface area contributed by atoms with Crippen LogP contribution in [0.15, 0.2) is 24.3 Å². The third-order valence-corrected chi connectivity index (χ3v) is 9.62. The first kappa shape index (κ1) is 32.2. The molecule has 2 aromatic rings. The van der Waals surface area contributed by atoms with Gasteiger partial charge < -0.3 is 10.2 Å². The summed E-state index contributed by atoms with van der Waals surface area (Å²) in [6, 6.07) is 5.77. The van der Waals surface area contributed by atoms with Crippen molar-refractivity contribution in [1.82, 2.24) is 30.0 Å². The van der Waals surface area contributed by atoms with Crippen LogP contribution in [0.4, 0.5) is 23.9 Å².